The van der Waals surface area contributed by atoms with E-state index < -0.39 is 0 Å². The summed E-state index contributed by atoms with van der Waals surface area (Å²) in [4.78, 5) is 0. The van der Waals surface area contributed by atoms with E-state index in [1.54, 1.807) is 13.2 Å². The topological polar surface area (TPSA) is 50.7 Å². The minimum atomic E-state index is 0.225. The van der Waals surface area contributed by atoms with E-state index in [1.807, 2.05) is 18.2 Å². The number of methoxy groups -OCH3 is 1. The molecule has 0 aliphatic heterocycles. The lowest BCUT2D eigenvalue weighted by Crippen LogP contribution is -2.15. The first-order chi connectivity index (χ1) is 12.1. The molecule has 0 spiro atoms. The van der Waals surface area contributed by atoms with E-state index in [2.05, 4.69) is 24.4 Å². The number of rotatable bonds is 10. The molecule has 2 aromatic carbocycles. The van der Waals surface area contributed by atoms with E-state index in [4.69, 9.17) is 26.2 Å². The Kier molecular flexibility index (Phi) is 8.06. The largest absolute Gasteiger partial charge is 0.493 e. The Morgan fingerprint density at radius 2 is 1.84 bits per heavy atom. The average Bonchev–Trinajstić information content (AvgIpc) is 2.62. The van der Waals surface area contributed by atoms with Crippen LogP contribution in [0.25, 0.3) is 0 Å². The monoisotopic (exact) mass is 363 g/mol. The van der Waals surface area contributed by atoms with Crippen LogP contribution in [0.15, 0.2) is 36.4 Å². The van der Waals surface area contributed by atoms with Crippen LogP contribution in [-0.2, 0) is 13.2 Å². The molecule has 0 aliphatic carbocycles. The number of ether oxygens (including phenoxy) is 2. The standard InChI is InChI=1S/C20H26ClNO3/c1-15-5-7-16(8-6-15)14-25-20-12-18(21)17(11-19(20)24-2)13-22-9-3-4-10-23/h5-8,11-12,22-23H,3-4,9-10,13-14H2,1-2H3. The molecule has 0 unspecified atom stereocenters. The number of nitrogens with one attached hydrogen (secondary N) is 1. The molecule has 2 aromatic rings. The van der Waals surface area contributed by atoms with Gasteiger partial charge < -0.3 is 19.9 Å². The molecule has 4 nitrogen and oxygen atoms in total. The minimum Gasteiger partial charge on any atom is -0.493 e. The molecule has 136 valence electrons. The normalized spacial score (nSPS) is 10.7. The molecular formula is C20H26ClNO3. The highest BCUT2D eigenvalue weighted by molar-refractivity contribution is 6.31. The quantitative estimate of drug-likeness (QED) is 0.624. The zero-order valence-electron chi connectivity index (χ0n) is 14.8. The van der Waals surface area contributed by atoms with Crippen molar-refractivity contribution in [3.63, 3.8) is 0 Å². The minimum absolute atomic E-state index is 0.225. The Balaban J connectivity index is 1.98. The second-order valence-electron chi connectivity index (χ2n) is 5.98. The van der Waals surface area contributed by atoms with E-state index in [1.165, 1.54) is 5.56 Å². The molecule has 0 amide bonds. The molecule has 0 saturated carbocycles. The predicted octanol–water partition coefficient (Wildman–Crippen LogP) is 4.10. The van der Waals surface area contributed by atoms with Crippen molar-refractivity contribution in [3.8, 4) is 11.5 Å². The van der Waals surface area contributed by atoms with Crippen LogP contribution in [0.3, 0.4) is 0 Å². The van der Waals surface area contributed by atoms with Crippen molar-refractivity contribution in [1.82, 2.24) is 5.32 Å². The maximum atomic E-state index is 8.79. The van der Waals surface area contributed by atoms with Crippen LogP contribution < -0.4 is 14.8 Å². The van der Waals surface area contributed by atoms with Crippen molar-refractivity contribution in [1.29, 1.82) is 0 Å². The van der Waals surface area contributed by atoms with E-state index >= 15 is 0 Å². The Morgan fingerprint density at radius 1 is 1.08 bits per heavy atom. The van der Waals surface area contributed by atoms with Gasteiger partial charge in [0.25, 0.3) is 0 Å². The lowest BCUT2D eigenvalue weighted by atomic mass is 10.1. The lowest BCUT2D eigenvalue weighted by molar-refractivity contribution is 0.283. The van der Waals surface area contributed by atoms with Crippen LogP contribution >= 0.6 is 11.6 Å². The highest BCUT2D eigenvalue weighted by Gasteiger charge is 2.11. The van der Waals surface area contributed by atoms with Gasteiger partial charge in [-0.2, -0.15) is 0 Å². The highest BCUT2D eigenvalue weighted by Crippen LogP contribution is 2.34. The number of aliphatic hydroxyl groups excluding tert-OH is 1. The fourth-order valence-electron chi connectivity index (χ4n) is 2.42. The van der Waals surface area contributed by atoms with Gasteiger partial charge in [-0.15, -0.1) is 0 Å². The molecule has 0 atom stereocenters. The Morgan fingerprint density at radius 3 is 2.52 bits per heavy atom. The van der Waals surface area contributed by atoms with E-state index in [-0.39, 0.29) is 6.61 Å². The van der Waals surface area contributed by atoms with Gasteiger partial charge in [0.1, 0.15) is 6.61 Å². The van der Waals surface area contributed by atoms with Crippen molar-refractivity contribution in [2.24, 2.45) is 0 Å². The number of unbranched alkanes of at least 4 members (excludes halogenated alkanes) is 1. The fraction of sp³-hybridized carbons (Fsp3) is 0.400. The molecule has 0 bridgehead atoms. The Hall–Kier alpha value is -1.75. The van der Waals surface area contributed by atoms with Gasteiger partial charge in [-0.25, -0.2) is 0 Å². The van der Waals surface area contributed by atoms with Crippen molar-refractivity contribution < 1.29 is 14.6 Å². The summed E-state index contributed by atoms with van der Waals surface area (Å²) in [6.07, 6.45) is 1.73. The number of benzene rings is 2. The van der Waals surface area contributed by atoms with Crippen LogP contribution in [0.2, 0.25) is 5.02 Å². The van der Waals surface area contributed by atoms with Crippen molar-refractivity contribution >= 4 is 11.6 Å². The smallest absolute Gasteiger partial charge is 0.163 e. The Bertz CT molecular complexity index is 659. The molecule has 0 aromatic heterocycles. The zero-order chi connectivity index (χ0) is 18.1. The van der Waals surface area contributed by atoms with Gasteiger partial charge in [0, 0.05) is 24.2 Å². The molecule has 2 N–H and O–H groups in total. The molecule has 2 rings (SSSR count). The second kappa shape index (κ2) is 10.3. The fourth-order valence-corrected chi connectivity index (χ4v) is 2.64. The van der Waals surface area contributed by atoms with Gasteiger partial charge in [-0.3, -0.25) is 0 Å². The van der Waals surface area contributed by atoms with E-state index in [0.717, 1.165) is 30.5 Å². The third-order valence-electron chi connectivity index (χ3n) is 3.92. The Labute approximate surface area is 154 Å². The second-order valence-corrected chi connectivity index (χ2v) is 6.38. The molecule has 25 heavy (non-hydrogen) atoms. The summed E-state index contributed by atoms with van der Waals surface area (Å²) in [6.45, 7) is 4.24. The highest BCUT2D eigenvalue weighted by atomic mass is 35.5. The molecule has 0 heterocycles. The average molecular weight is 364 g/mol. The first-order valence-electron chi connectivity index (χ1n) is 8.50. The van der Waals surface area contributed by atoms with Gasteiger partial charge in [0.05, 0.1) is 7.11 Å². The van der Waals surface area contributed by atoms with Crippen molar-refractivity contribution in [2.45, 2.75) is 32.9 Å². The summed E-state index contributed by atoms with van der Waals surface area (Å²) in [5.74, 6) is 1.31. The van der Waals surface area contributed by atoms with Crippen LogP contribution in [0.4, 0.5) is 0 Å². The first-order valence-corrected chi connectivity index (χ1v) is 8.88. The van der Waals surface area contributed by atoms with E-state index in [0.29, 0.717) is 29.7 Å². The predicted molar refractivity (Wildman–Crippen MR) is 102 cm³/mol. The van der Waals surface area contributed by atoms with Crippen molar-refractivity contribution in [2.75, 3.05) is 20.3 Å². The summed E-state index contributed by atoms with van der Waals surface area (Å²) in [5, 5.41) is 12.8. The van der Waals surface area contributed by atoms with Crippen LogP contribution in [0.1, 0.15) is 29.5 Å². The molecule has 0 fully saturated rings. The summed E-state index contributed by atoms with van der Waals surface area (Å²) in [7, 11) is 1.63. The molecular weight excluding hydrogens is 338 g/mol. The maximum absolute atomic E-state index is 8.79. The maximum Gasteiger partial charge on any atom is 0.163 e. The summed E-state index contributed by atoms with van der Waals surface area (Å²) in [6, 6.07) is 11.9. The van der Waals surface area contributed by atoms with Crippen molar-refractivity contribution in [3.05, 3.63) is 58.1 Å². The number of aryl methyl sites for hydroxylation is 1. The summed E-state index contributed by atoms with van der Waals surface area (Å²) >= 11 is 6.39. The molecule has 0 radical (unpaired) electrons. The molecule has 0 saturated heterocycles. The third-order valence-corrected chi connectivity index (χ3v) is 4.28. The number of aliphatic hydroxyl groups is 1. The number of hydrogen-bond acceptors (Lipinski definition) is 4. The molecule has 5 heteroatoms. The van der Waals surface area contributed by atoms with Crippen LogP contribution in [0.5, 0.6) is 11.5 Å². The first kappa shape index (κ1) is 19.6. The van der Waals surface area contributed by atoms with E-state index in [9.17, 15) is 0 Å². The van der Waals surface area contributed by atoms with Gasteiger partial charge >= 0.3 is 0 Å². The summed E-state index contributed by atoms with van der Waals surface area (Å²) < 4.78 is 11.3. The SMILES string of the molecule is COc1cc(CNCCCCO)c(Cl)cc1OCc1ccc(C)cc1. The van der Waals surface area contributed by atoms with Crippen LogP contribution in [-0.4, -0.2) is 25.4 Å². The number of hydrogen-bond donors (Lipinski definition) is 2. The third kappa shape index (κ3) is 6.24. The zero-order valence-corrected chi connectivity index (χ0v) is 15.6. The van der Waals surface area contributed by atoms with Gasteiger partial charge in [0.15, 0.2) is 11.5 Å². The summed E-state index contributed by atoms with van der Waals surface area (Å²) in [5.41, 5.74) is 3.28. The van der Waals surface area contributed by atoms with Gasteiger partial charge in [-0.05, 0) is 43.5 Å². The van der Waals surface area contributed by atoms with Gasteiger partial charge in [-0.1, -0.05) is 41.4 Å². The van der Waals surface area contributed by atoms with Gasteiger partial charge in [0.2, 0.25) is 0 Å². The van der Waals surface area contributed by atoms with Crippen LogP contribution in [0, 0.1) is 6.92 Å². The lowest BCUT2D eigenvalue weighted by Gasteiger charge is -2.14. The number of halogens is 1. The molecule has 0 aliphatic rings.